The number of hydrogen-bond donors (Lipinski definition) is 2. The number of aryl methyl sites for hydroxylation is 2. The third-order valence-corrected chi connectivity index (χ3v) is 3.90. The number of likely N-dealkylation sites (tertiary alicyclic amines) is 1. The molecule has 1 aromatic carbocycles. The van der Waals surface area contributed by atoms with E-state index in [0.29, 0.717) is 17.3 Å². The van der Waals surface area contributed by atoms with Crippen molar-refractivity contribution in [3.63, 3.8) is 0 Å². The van der Waals surface area contributed by atoms with Crippen LogP contribution in [0.2, 0.25) is 5.02 Å². The van der Waals surface area contributed by atoms with E-state index in [1.54, 1.807) is 0 Å². The first kappa shape index (κ1) is 15.3. The van der Waals surface area contributed by atoms with Gasteiger partial charge in [-0.15, -0.1) is 0 Å². The van der Waals surface area contributed by atoms with Crippen LogP contribution in [0.1, 0.15) is 24.0 Å². The van der Waals surface area contributed by atoms with Crippen molar-refractivity contribution in [1.82, 2.24) is 4.90 Å². The van der Waals surface area contributed by atoms with Crippen molar-refractivity contribution in [1.29, 1.82) is 0 Å². The Labute approximate surface area is 125 Å². The SMILES string of the molecule is Cc1cc(C)c(NC(=O)CN2CCC[C@@H](N)C2)c(Cl)c1. The number of anilines is 1. The molecule has 2 rings (SSSR count). The van der Waals surface area contributed by atoms with Gasteiger partial charge in [0, 0.05) is 12.6 Å². The molecule has 0 bridgehead atoms. The van der Waals surface area contributed by atoms with Gasteiger partial charge in [-0.25, -0.2) is 0 Å². The largest absolute Gasteiger partial charge is 0.327 e. The van der Waals surface area contributed by atoms with Crippen molar-refractivity contribution in [2.45, 2.75) is 32.7 Å². The van der Waals surface area contributed by atoms with E-state index in [4.69, 9.17) is 17.3 Å². The van der Waals surface area contributed by atoms with Gasteiger partial charge in [0.25, 0.3) is 0 Å². The molecule has 0 saturated carbocycles. The Balaban J connectivity index is 1.98. The molecule has 0 unspecified atom stereocenters. The molecule has 1 aromatic rings. The molecular weight excluding hydrogens is 274 g/mol. The van der Waals surface area contributed by atoms with Crippen LogP contribution in [-0.2, 0) is 4.79 Å². The normalized spacial score (nSPS) is 19.9. The predicted octanol–water partition coefficient (Wildman–Crippen LogP) is 2.32. The molecule has 110 valence electrons. The molecule has 0 radical (unpaired) electrons. The summed E-state index contributed by atoms with van der Waals surface area (Å²) >= 11 is 6.20. The van der Waals surface area contributed by atoms with Crippen LogP contribution in [0, 0.1) is 13.8 Å². The Morgan fingerprint density at radius 2 is 2.25 bits per heavy atom. The van der Waals surface area contributed by atoms with Crippen molar-refractivity contribution in [2.24, 2.45) is 5.73 Å². The summed E-state index contributed by atoms with van der Waals surface area (Å²) in [5.41, 5.74) is 8.71. The van der Waals surface area contributed by atoms with Crippen molar-refractivity contribution < 1.29 is 4.79 Å². The van der Waals surface area contributed by atoms with Gasteiger partial charge in [-0.3, -0.25) is 9.69 Å². The van der Waals surface area contributed by atoms with Crippen molar-refractivity contribution >= 4 is 23.2 Å². The van der Waals surface area contributed by atoms with Crippen LogP contribution < -0.4 is 11.1 Å². The van der Waals surface area contributed by atoms with Crippen molar-refractivity contribution in [3.05, 3.63) is 28.3 Å². The summed E-state index contributed by atoms with van der Waals surface area (Å²) in [4.78, 5) is 14.2. The standard InChI is InChI=1S/C15H22ClN3O/c1-10-6-11(2)15(13(16)7-10)18-14(20)9-19-5-3-4-12(17)8-19/h6-7,12H,3-5,8-9,17H2,1-2H3,(H,18,20)/t12-/m1/s1. The van der Waals surface area contributed by atoms with Gasteiger partial charge in [-0.2, -0.15) is 0 Å². The second-order valence-electron chi connectivity index (χ2n) is 5.62. The number of nitrogens with one attached hydrogen (secondary N) is 1. The molecule has 0 spiro atoms. The fraction of sp³-hybridized carbons (Fsp3) is 0.533. The van der Waals surface area contributed by atoms with E-state index in [2.05, 4.69) is 10.2 Å². The number of rotatable bonds is 3. The van der Waals surface area contributed by atoms with E-state index in [9.17, 15) is 4.79 Å². The monoisotopic (exact) mass is 295 g/mol. The maximum absolute atomic E-state index is 12.1. The molecule has 1 heterocycles. The zero-order chi connectivity index (χ0) is 14.7. The lowest BCUT2D eigenvalue weighted by atomic mass is 10.1. The number of hydrogen-bond acceptors (Lipinski definition) is 3. The van der Waals surface area contributed by atoms with Gasteiger partial charge in [0.1, 0.15) is 0 Å². The lowest BCUT2D eigenvalue weighted by Crippen LogP contribution is -2.45. The maximum atomic E-state index is 12.1. The molecule has 1 aliphatic heterocycles. The third-order valence-electron chi connectivity index (χ3n) is 3.61. The van der Waals surface area contributed by atoms with Crippen LogP contribution >= 0.6 is 11.6 Å². The highest BCUT2D eigenvalue weighted by molar-refractivity contribution is 6.34. The van der Waals surface area contributed by atoms with E-state index >= 15 is 0 Å². The van der Waals surface area contributed by atoms with Gasteiger partial charge in [0.05, 0.1) is 17.3 Å². The van der Waals surface area contributed by atoms with Gasteiger partial charge < -0.3 is 11.1 Å². The zero-order valence-corrected chi connectivity index (χ0v) is 12.8. The number of carbonyl (C=O) groups excluding carboxylic acids is 1. The Morgan fingerprint density at radius 1 is 1.50 bits per heavy atom. The molecule has 1 aliphatic rings. The zero-order valence-electron chi connectivity index (χ0n) is 12.1. The number of piperidine rings is 1. The highest BCUT2D eigenvalue weighted by atomic mass is 35.5. The number of benzene rings is 1. The topological polar surface area (TPSA) is 58.4 Å². The number of nitrogens with zero attached hydrogens (tertiary/aromatic N) is 1. The lowest BCUT2D eigenvalue weighted by Gasteiger charge is -2.30. The van der Waals surface area contributed by atoms with Gasteiger partial charge in [0.15, 0.2) is 0 Å². The summed E-state index contributed by atoms with van der Waals surface area (Å²) in [6.45, 7) is 6.03. The minimum absolute atomic E-state index is 0.0343. The maximum Gasteiger partial charge on any atom is 0.238 e. The summed E-state index contributed by atoms with van der Waals surface area (Å²) in [5.74, 6) is -0.0343. The molecule has 1 saturated heterocycles. The van der Waals surface area contributed by atoms with Crippen LogP contribution in [0.25, 0.3) is 0 Å². The molecule has 1 atom stereocenters. The Kier molecular flexibility index (Phi) is 5.02. The Bertz CT molecular complexity index is 481. The fourth-order valence-corrected chi connectivity index (χ4v) is 3.06. The van der Waals surface area contributed by atoms with Crippen LogP contribution in [0.15, 0.2) is 12.1 Å². The molecule has 5 heteroatoms. The highest BCUT2D eigenvalue weighted by Crippen LogP contribution is 2.27. The summed E-state index contributed by atoms with van der Waals surface area (Å²) in [7, 11) is 0. The second-order valence-corrected chi connectivity index (χ2v) is 6.03. The average molecular weight is 296 g/mol. The van der Waals surface area contributed by atoms with Crippen LogP contribution in [-0.4, -0.2) is 36.5 Å². The summed E-state index contributed by atoms with van der Waals surface area (Å²) in [5, 5.41) is 3.50. The van der Waals surface area contributed by atoms with Crippen LogP contribution in [0.3, 0.4) is 0 Å². The van der Waals surface area contributed by atoms with E-state index < -0.39 is 0 Å². The minimum Gasteiger partial charge on any atom is -0.327 e. The van der Waals surface area contributed by atoms with E-state index in [1.165, 1.54) is 0 Å². The molecule has 3 N–H and O–H groups in total. The Hall–Kier alpha value is -1.10. The van der Waals surface area contributed by atoms with E-state index in [1.807, 2.05) is 26.0 Å². The lowest BCUT2D eigenvalue weighted by molar-refractivity contribution is -0.117. The molecule has 1 amide bonds. The Morgan fingerprint density at radius 3 is 2.90 bits per heavy atom. The molecule has 0 aliphatic carbocycles. The second kappa shape index (κ2) is 6.57. The first-order chi connectivity index (χ1) is 9.45. The van der Waals surface area contributed by atoms with Crippen LogP contribution in [0.5, 0.6) is 0 Å². The van der Waals surface area contributed by atoms with Gasteiger partial charge in [-0.05, 0) is 50.4 Å². The molecule has 0 aromatic heterocycles. The minimum atomic E-state index is -0.0343. The smallest absolute Gasteiger partial charge is 0.238 e. The van der Waals surface area contributed by atoms with Crippen molar-refractivity contribution in [2.75, 3.05) is 25.0 Å². The molecule has 20 heavy (non-hydrogen) atoms. The van der Waals surface area contributed by atoms with Gasteiger partial charge >= 0.3 is 0 Å². The van der Waals surface area contributed by atoms with Gasteiger partial charge in [0.2, 0.25) is 5.91 Å². The summed E-state index contributed by atoms with van der Waals surface area (Å²) in [6, 6.07) is 4.06. The van der Waals surface area contributed by atoms with E-state index in [0.717, 1.165) is 37.1 Å². The highest BCUT2D eigenvalue weighted by Gasteiger charge is 2.19. The molecule has 1 fully saturated rings. The fourth-order valence-electron chi connectivity index (χ4n) is 2.69. The first-order valence-corrected chi connectivity index (χ1v) is 7.38. The third kappa shape index (κ3) is 3.95. The van der Waals surface area contributed by atoms with Crippen molar-refractivity contribution in [3.8, 4) is 0 Å². The van der Waals surface area contributed by atoms with Gasteiger partial charge in [-0.1, -0.05) is 17.7 Å². The number of carbonyl (C=O) groups is 1. The molecular formula is C15H22ClN3O. The quantitative estimate of drug-likeness (QED) is 0.900. The number of amides is 1. The number of nitrogens with two attached hydrogens (primary N) is 1. The summed E-state index contributed by atoms with van der Waals surface area (Å²) in [6.07, 6.45) is 2.10. The van der Waals surface area contributed by atoms with Crippen LogP contribution in [0.4, 0.5) is 5.69 Å². The first-order valence-electron chi connectivity index (χ1n) is 7.00. The van der Waals surface area contributed by atoms with E-state index in [-0.39, 0.29) is 11.9 Å². The average Bonchev–Trinajstić information content (AvgIpc) is 2.33. The predicted molar refractivity (Wildman–Crippen MR) is 83.2 cm³/mol. The molecule has 4 nitrogen and oxygen atoms in total. The summed E-state index contributed by atoms with van der Waals surface area (Å²) < 4.78 is 0. The number of halogens is 1.